The van der Waals surface area contributed by atoms with Gasteiger partial charge in [-0.15, -0.1) is 0 Å². The summed E-state index contributed by atoms with van der Waals surface area (Å²) in [5.41, 5.74) is 17.3. The number of nitrogens with zero attached hydrogens (tertiary/aromatic N) is 15. The van der Waals surface area contributed by atoms with Crippen LogP contribution in [0.4, 0.5) is 80.1 Å². The van der Waals surface area contributed by atoms with Crippen LogP contribution in [0.3, 0.4) is 0 Å². The number of aryl methyl sites for hydroxylation is 8. The van der Waals surface area contributed by atoms with Crippen molar-refractivity contribution >= 4 is 135 Å². The molecule has 0 fully saturated rings. The maximum absolute atomic E-state index is 12.7. The normalized spacial score (nSPS) is 12.4. The molecule has 0 bridgehead atoms. The maximum Gasteiger partial charge on any atom is 0.349 e. The Hall–Kier alpha value is -14.3. The van der Waals surface area contributed by atoms with E-state index in [9.17, 15) is 43.2 Å². The fourth-order valence-corrected chi connectivity index (χ4v) is 15.6. The summed E-state index contributed by atoms with van der Waals surface area (Å²) < 4.78 is 1.86. The molecule has 0 amide bonds. The third-order valence-corrected chi connectivity index (χ3v) is 22.7. The Labute approximate surface area is 747 Å². The van der Waals surface area contributed by atoms with Crippen LogP contribution < -0.4 is 112 Å². The van der Waals surface area contributed by atoms with E-state index in [1.165, 1.54) is 0 Å². The average Bonchev–Trinajstić information content (AvgIpc) is 0.782. The van der Waals surface area contributed by atoms with Gasteiger partial charge in [0.1, 0.15) is 21.9 Å². The number of carboxylic acid groups (broad SMARTS) is 3. The van der Waals surface area contributed by atoms with Gasteiger partial charge in [0.2, 0.25) is 0 Å². The summed E-state index contributed by atoms with van der Waals surface area (Å²) in [6.07, 6.45) is 10.3. The van der Waals surface area contributed by atoms with Gasteiger partial charge in [0.05, 0.1) is 63.1 Å². The van der Waals surface area contributed by atoms with Crippen molar-refractivity contribution in [2.24, 2.45) is 25.4 Å². The summed E-state index contributed by atoms with van der Waals surface area (Å²) in [4.78, 5) is 172. The number of aromatic amines is 5. The lowest BCUT2D eigenvalue weighted by Gasteiger charge is -2.29. The van der Waals surface area contributed by atoms with Crippen LogP contribution in [-0.2, 0) is 20.9 Å². The van der Waals surface area contributed by atoms with Gasteiger partial charge in [-0.2, -0.15) is 4.98 Å². The van der Waals surface area contributed by atoms with Crippen molar-refractivity contribution in [1.82, 2.24) is 64.7 Å². The Morgan fingerprint density at radius 3 is 1.10 bits per heavy atom. The highest BCUT2D eigenvalue weighted by molar-refractivity contribution is 5.85. The zero-order valence-electron chi connectivity index (χ0n) is 75.5. The Bertz CT molecular complexity index is 7060. The van der Waals surface area contributed by atoms with Crippen LogP contribution in [0.2, 0.25) is 0 Å². The Morgan fingerprint density at radius 2 is 0.715 bits per heavy atom. The summed E-state index contributed by atoms with van der Waals surface area (Å²) in [5, 5.41) is 46.8. The number of aromatic nitrogens is 12. The molecule has 0 spiro atoms. The summed E-state index contributed by atoms with van der Waals surface area (Å²) in [5.74, 6) is -0.0650. The van der Waals surface area contributed by atoms with Crippen LogP contribution in [0.5, 0.6) is 0 Å². The lowest BCUT2D eigenvalue weighted by atomic mass is 9.96. The summed E-state index contributed by atoms with van der Waals surface area (Å²) in [6.45, 7) is 43.0. The molecule has 0 radical (unpaired) electrons. The Kier molecular flexibility index (Phi) is 30.4. The summed E-state index contributed by atoms with van der Waals surface area (Å²) in [7, 11) is 0. The number of nitrogens with one attached hydrogen (secondary N) is 8. The minimum absolute atomic E-state index is 0.0194. The zero-order chi connectivity index (χ0) is 93.7. The smallest absolute Gasteiger partial charge is 0.349 e. The second-order valence-electron chi connectivity index (χ2n) is 34.2. The summed E-state index contributed by atoms with van der Waals surface area (Å²) >= 11 is 0. The lowest BCUT2D eigenvalue weighted by Crippen LogP contribution is -2.44. The van der Waals surface area contributed by atoms with E-state index in [1.54, 1.807) is 0 Å². The van der Waals surface area contributed by atoms with E-state index in [1.807, 2.05) is 122 Å². The van der Waals surface area contributed by atoms with E-state index >= 15 is 0 Å². The van der Waals surface area contributed by atoms with Crippen molar-refractivity contribution in [3.05, 3.63) is 211 Å². The third-order valence-electron chi connectivity index (χ3n) is 22.7. The molecule has 0 unspecified atom stereocenters. The number of rotatable bonds is 32. The summed E-state index contributed by atoms with van der Waals surface area (Å²) in [6, 6.07) is 20.0. The van der Waals surface area contributed by atoms with Gasteiger partial charge < -0.3 is 80.5 Å². The van der Waals surface area contributed by atoms with Gasteiger partial charge in [-0.05, 0) is 205 Å². The number of aliphatic hydroxyl groups excluding tert-OH is 1. The lowest BCUT2D eigenvalue weighted by molar-refractivity contribution is -0.138. The topological polar surface area (TPSA) is 494 Å². The van der Waals surface area contributed by atoms with E-state index in [0.717, 1.165) is 160 Å². The van der Waals surface area contributed by atoms with Crippen LogP contribution in [0.1, 0.15) is 162 Å². The van der Waals surface area contributed by atoms with Crippen molar-refractivity contribution in [3.63, 3.8) is 0 Å². The van der Waals surface area contributed by atoms with Crippen LogP contribution in [-0.4, -0.2) is 157 Å². The van der Waals surface area contributed by atoms with Gasteiger partial charge in [-0.25, -0.2) is 49.7 Å². The molecule has 682 valence electrons. The second-order valence-corrected chi connectivity index (χ2v) is 34.2. The number of aliphatic carboxylic acids is 3. The first-order valence-electron chi connectivity index (χ1n) is 43.6. The highest BCUT2D eigenvalue weighted by atomic mass is 16.4. The first-order chi connectivity index (χ1) is 61.9. The largest absolute Gasteiger partial charge is 0.481 e. The molecule has 130 heavy (non-hydrogen) atoms. The number of fused-ring (bicyclic) bond motifs is 10. The van der Waals surface area contributed by atoms with Gasteiger partial charge in [-0.1, -0.05) is 85.6 Å². The number of aliphatic hydroxyl groups is 1. The standard InChI is InChI=1S/C29H29N9O3.C24H33N5O3.C21H27N5O4.C20H24N4O3/c1-14-10-19-21(12-16(14)3)37(25-23(33-19)27(39)32-18(5)31-25)8-6-30-7-9-38-22-13-17(4)15(2)11-20(22)34-24-26(38)35-29(41)36-28(24)40;1-15-12-18-19(13-17(15)25-14-24(3,4)5)29(11-9-7-6-8-10-20(30)31)22-21(28-18)23(32)27-16(2)26-22;1-13-11-16-17(12-15(13)22-8-10-27)26(9-6-4-3-5-7-18(28)29)20-19(25-16)21(30)24-14(2)23-20;1-12-10-15-16(11-13(12)2)24(9-7-5-4-6-8-17(25)26)19-18(23-15)20(27)22-14(3)21-19/h10-13,30H,5-9H2,1-4H3,(H,32,39)(H,36,40,41);12-13,25H,2,6-11,14H2,1,3-5H3,(H,27,32)(H,30,31);11-12,22,27H,2-10H2,1H3,(H,24,30)(H,28,29);10-11H,3-9H2,1-2H3,(H,22,27)(H,25,26). The van der Waals surface area contributed by atoms with E-state index in [0.29, 0.717) is 133 Å². The highest BCUT2D eigenvalue weighted by Crippen LogP contribution is 2.43. The Morgan fingerprint density at radius 1 is 0.377 bits per heavy atom. The average molecular weight is 1770 g/mol. The monoisotopic (exact) mass is 1770 g/mol. The highest BCUT2D eigenvalue weighted by Gasteiger charge is 2.30. The number of carboxylic acids is 3. The number of unbranched alkanes of at least 4 members (excludes halogenated alkanes) is 9. The van der Waals surface area contributed by atoms with Gasteiger partial charge in [-0.3, -0.25) is 43.3 Å². The molecule has 10 heterocycles. The van der Waals surface area contributed by atoms with Crippen molar-refractivity contribution < 1.29 is 34.8 Å². The van der Waals surface area contributed by atoms with Gasteiger partial charge in [0, 0.05) is 89.5 Å². The molecule has 5 aromatic carbocycles. The third kappa shape index (κ3) is 23.0. The van der Waals surface area contributed by atoms with Crippen molar-refractivity contribution in [2.45, 2.75) is 179 Å². The number of H-pyrrole nitrogens is 5. The molecule has 9 aromatic rings. The number of benzene rings is 5. The van der Waals surface area contributed by atoms with Crippen molar-refractivity contribution in [2.75, 3.05) is 89.2 Å². The van der Waals surface area contributed by atoms with E-state index < -0.39 is 29.2 Å². The fourth-order valence-electron chi connectivity index (χ4n) is 15.6. The first-order valence-corrected chi connectivity index (χ1v) is 43.6. The van der Waals surface area contributed by atoms with E-state index in [4.69, 9.17) is 20.4 Å². The van der Waals surface area contributed by atoms with Gasteiger partial charge in [0.25, 0.3) is 27.8 Å². The molecule has 6 aliphatic rings. The molecule has 6 aliphatic heterocycles. The molecule has 12 N–H and O–H groups in total. The first kappa shape index (κ1) is 94.8. The van der Waals surface area contributed by atoms with E-state index in [-0.39, 0.29) is 86.7 Å². The van der Waals surface area contributed by atoms with Gasteiger partial charge >= 0.3 is 23.6 Å². The number of carbonyl (C=O) groups is 3. The van der Waals surface area contributed by atoms with Crippen LogP contribution >= 0.6 is 0 Å². The molecule has 0 saturated heterocycles. The minimum atomic E-state index is -0.778. The fraction of sp³-hybridized carbons (Fsp3) is 0.394. The van der Waals surface area contributed by atoms with Crippen LogP contribution in [0, 0.1) is 60.8 Å². The predicted octanol–water partition coefficient (Wildman–Crippen LogP) is 7.95. The molecular formula is C94H113N23O13. The zero-order valence-corrected chi connectivity index (χ0v) is 75.5. The maximum atomic E-state index is 12.7. The molecule has 4 aromatic heterocycles. The molecule has 15 rings (SSSR count). The Balaban J connectivity index is 0.000000159. The number of anilines is 10. The molecule has 36 heteroatoms. The van der Waals surface area contributed by atoms with Crippen molar-refractivity contribution in [3.8, 4) is 11.5 Å². The van der Waals surface area contributed by atoms with E-state index in [2.05, 4.69) is 156 Å². The second kappa shape index (κ2) is 41.6. The molecule has 36 nitrogen and oxygen atoms in total. The number of hydrogen-bond donors (Lipinski definition) is 12. The minimum Gasteiger partial charge on any atom is -0.481 e. The molecular weight excluding hydrogens is 1660 g/mol. The molecule has 0 saturated carbocycles. The SMILES string of the molecule is C=c1nc2c(c(=O)[nH]1)=Nc1cc(C)c(C)cc1N2CCCCCCC(=O)O.C=c1nc2c(c(=O)[nH]1)=Nc1cc(C)c(C)cc1N2CCNCCn1c2nc(=O)[nH]c(=O)c-2nc2cc(C)c(C)cc21.C=c1nc2c(c(=O)[nH]1)=Nc1cc(C)c(NCC(C)(C)C)cc1N2CCCCCCC(=O)O.C=c1nc2c(c(=O)[nH]1)=Nc1cc(C)c(NCCO)cc1N2CCCCCCC(=O)O. The van der Waals surface area contributed by atoms with Gasteiger partial charge in [0.15, 0.2) is 56.2 Å². The van der Waals surface area contributed by atoms with Crippen molar-refractivity contribution in [1.29, 1.82) is 0 Å². The van der Waals surface area contributed by atoms with Crippen LogP contribution in [0.25, 0.3) is 48.9 Å². The quantitative estimate of drug-likeness (QED) is 0.0140. The predicted molar refractivity (Wildman–Crippen MR) is 505 cm³/mol. The molecule has 0 atom stereocenters. The number of hydrogen-bond acceptors (Lipinski definition) is 27. The molecule has 0 aliphatic carbocycles. The van der Waals surface area contributed by atoms with Crippen LogP contribution in [0.15, 0.2) is 109 Å².